The molecule has 16 heavy (non-hydrogen) atoms. The van der Waals surface area contributed by atoms with E-state index in [2.05, 4.69) is 9.72 Å². The van der Waals surface area contributed by atoms with Gasteiger partial charge in [-0.25, -0.2) is 9.78 Å². The number of nitrogens with zero attached hydrogens (tertiary/aromatic N) is 2. The van der Waals surface area contributed by atoms with Gasteiger partial charge >= 0.3 is 12.1 Å². The molecule has 1 aromatic rings. The average molecular weight is 236 g/mol. The van der Waals surface area contributed by atoms with Crippen molar-refractivity contribution in [2.24, 2.45) is 0 Å². The fraction of sp³-hybridized carbons (Fsp3) is 0.375. The number of rotatable bonds is 2. The van der Waals surface area contributed by atoms with Gasteiger partial charge in [-0.05, 0) is 0 Å². The molecule has 1 heterocycles. The van der Waals surface area contributed by atoms with E-state index in [-0.39, 0.29) is 5.69 Å². The molecule has 1 aromatic heterocycles. The summed E-state index contributed by atoms with van der Waals surface area (Å²) < 4.78 is 40.7. The van der Waals surface area contributed by atoms with Crippen LogP contribution >= 0.6 is 0 Å². The van der Waals surface area contributed by atoms with Crippen LogP contribution in [-0.2, 0) is 11.3 Å². The number of hydrogen-bond donors (Lipinski definition) is 0. The molecule has 0 aliphatic rings. The van der Waals surface area contributed by atoms with Crippen LogP contribution in [-0.4, -0.2) is 28.8 Å². The van der Waals surface area contributed by atoms with Gasteiger partial charge in [-0.1, -0.05) is 0 Å². The fourth-order valence-corrected chi connectivity index (χ4v) is 0.970. The maximum Gasteiger partial charge on any atom is 0.406 e. The number of alkyl halides is 3. The fourth-order valence-electron chi connectivity index (χ4n) is 0.970. The van der Waals surface area contributed by atoms with Crippen molar-refractivity contribution in [3.63, 3.8) is 0 Å². The molecule has 0 unspecified atom stereocenters. The van der Waals surface area contributed by atoms with Crippen molar-refractivity contribution in [1.29, 1.82) is 0 Å². The number of methoxy groups -OCH3 is 1. The lowest BCUT2D eigenvalue weighted by molar-refractivity contribution is -0.141. The Hall–Kier alpha value is -1.86. The topological polar surface area (TPSA) is 61.2 Å². The van der Waals surface area contributed by atoms with E-state index in [9.17, 15) is 22.8 Å². The number of carbonyl (C=O) groups is 1. The Morgan fingerprint density at radius 2 is 2.19 bits per heavy atom. The van der Waals surface area contributed by atoms with Crippen LogP contribution in [0.5, 0.6) is 0 Å². The Balaban J connectivity index is 3.09. The summed E-state index contributed by atoms with van der Waals surface area (Å²) in [4.78, 5) is 25.3. The molecule has 0 saturated carbocycles. The largest absolute Gasteiger partial charge is 0.464 e. The van der Waals surface area contributed by atoms with Crippen LogP contribution in [0.15, 0.2) is 17.2 Å². The van der Waals surface area contributed by atoms with E-state index < -0.39 is 24.2 Å². The molecule has 0 amide bonds. The lowest BCUT2D eigenvalue weighted by Gasteiger charge is -2.09. The first-order valence-electron chi connectivity index (χ1n) is 4.05. The van der Waals surface area contributed by atoms with Crippen LogP contribution in [0.4, 0.5) is 13.2 Å². The third-order valence-electron chi connectivity index (χ3n) is 1.62. The minimum Gasteiger partial charge on any atom is -0.464 e. The van der Waals surface area contributed by atoms with Gasteiger partial charge in [0.05, 0.1) is 13.3 Å². The van der Waals surface area contributed by atoms with Crippen molar-refractivity contribution < 1.29 is 22.7 Å². The van der Waals surface area contributed by atoms with E-state index in [1.165, 1.54) is 0 Å². The molecule has 8 heteroatoms. The summed E-state index contributed by atoms with van der Waals surface area (Å²) in [7, 11) is 1.06. The summed E-state index contributed by atoms with van der Waals surface area (Å²) in [6.07, 6.45) is -3.20. The summed E-state index contributed by atoms with van der Waals surface area (Å²) in [5, 5.41) is 0. The van der Waals surface area contributed by atoms with E-state index in [4.69, 9.17) is 0 Å². The summed E-state index contributed by atoms with van der Waals surface area (Å²) in [6, 6.07) is 0. The van der Waals surface area contributed by atoms with Gasteiger partial charge in [0.15, 0.2) is 5.69 Å². The zero-order valence-corrected chi connectivity index (χ0v) is 8.11. The molecule has 0 bridgehead atoms. The summed E-state index contributed by atoms with van der Waals surface area (Å²) in [5.41, 5.74) is -1.30. The molecule has 0 aliphatic heterocycles. The lowest BCUT2D eigenvalue weighted by Crippen LogP contribution is -2.29. The number of hydrogen-bond acceptors (Lipinski definition) is 4. The molecule has 1 rings (SSSR count). The summed E-state index contributed by atoms with van der Waals surface area (Å²) in [5.74, 6) is -0.907. The van der Waals surface area contributed by atoms with Crippen molar-refractivity contribution in [2.75, 3.05) is 7.11 Å². The molecule has 88 valence electrons. The number of esters is 1. The molecule has 0 aliphatic carbocycles. The van der Waals surface area contributed by atoms with Gasteiger partial charge < -0.3 is 9.30 Å². The normalized spacial score (nSPS) is 11.2. The van der Waals surface area contributed by atoms with Gasteiger partial charge in [0.2, 0.25) is 0 Å². The van der Waals surface area contributed by atoms with Gasteiger partial charge in [0, 0.05) is 6.20 Å². The smallest absolute Gasteiger partial charge is 0.406 e. The van der Waals surface area contributed by atoms with E-state index in [1.807, 2.05) is 0 Å². The Morgan fingerprint density at radius 1 is 1.56 bits per heavy atom. The maximum absolute atomic E-state index is 12.0. The summed E-state index contributed by atoms with van der Waals surface area (Å²) in [6.45, 7) is -1.47. The second-order valence-electron chi connectivity index (χ2n) is 2.85. The number of aromatic nitrogens is 2. The van der Waals surface area contributed by atoms with Crippen LogP contribution in [0.25, 0.3) is 0 Å². The zero-order chi connectivity index (χ0) is 12.3. The Kier molecular flexibility index (Phi) is 3.31. The molecule has 0 atom stereocenters. The second-order valence-corrected chi connectivity index (χ2v) is 2.85. The molecule has 5 nitrogen and oxygen atoms in total. The van der Waals surface area contributed by atoms with Crippen molar-refractivity contribution in [2.45, 2.75) is 12.7 Å². The molecule has 0 fully saturated rings. The van der Waals surface area contributed by atoms with Gasteiger partial charge in [-0.3, -0.25) is 4.79 Å². The molecule has 0 radical (unpaired) electrons. The second kappa shape index (κ2) is 4.33. The molecular formula is C8H7F3N2O3. The highest BCUT2D eigenvalue weighted by Gasteiger charge is 2.28. The molecule has 0 aromatic carbocycles. The third kappa shape index (κ3) is 3.07. The number of halogens is 3. The van der Waals surface area contributed by atoms with Crippen LogP contribution in [0.3, 0.4) is 0 Å². The molecule has 0 saturated heterocycles. The monoisotopic (exact) mass is 236 g/mol. The maximum atomic E-state index is 12.0. The lowest BCUT2D eigenvalue weighted by atomic mass is 10.4. The minimum atomic E-state index is -4.54. The SMILES string of the molecule is COC(=O)c1cn(CC(F)(F)F)c(=O)cn1. The quantitative estimate of drug-likeness (QED) is 0.705. The predicted molar refractivity (Wildman–Crippen MR) is 45.9 cm³/mol. The van der Waals surface area contributed by atoms with Crippen LogP contribution in [0.1, 0.15) is 10.5 Å². The van der Waals surface area contributed by atoms with Crippen LogP contribution in [0, 0.1) is 0 Å². The highest BCUT2D eigenvalue weighted by molar-refractivity contribution is 5.86. The summed E-state index contributed by atoms with van der Waals surface area (Å²) >= 11 is 0. The van der Waals surface area contributed by atoms with Crippen molar-refractivity contribution in [1.82, 2.24) is 9.55 Å². The first-order valence-corrected chi connectivity index (χ1v) is 4.05. The average Bonchev–Trinajstić information content (AvgIpc) is 2.18. The van der Waals surface area contributed by atoms with Crippen molar-refractivity contribution >= 4 is 5.97 Å². The highest BCUT2D eigenvalue weighted by atomic mass is 19.4. The van der Waals surface area contributed by atoms with Crippen LogP contribution in [0.2, 0.25) is 0 Å². The molecular weight excluding hydrogens is 229 g/mol. The van der Waals surface area contributed by atoms with Gasteiger partial charge in [-0.15, -0.1) is 0 Å². The minimum absolute atomic E-state index is 0.346. The van der Waals surface area contributed by atoms with E-state index in [0.717, 1.165) is 7.11 Å². The predicted octanol–water partition coefficient (Wildman–Crippen LogP) is 0.592. The first kappa shape index (κ1) is 12.2. The van der Waals surface area contributed by atoms with Crippen LogP contribution < -0.4 is 5.56 Å². The number of ether oxygens (including phenoxy) is 1. The van der Waals surface area contributed by atoms with E-state index >= 15 is 0 Å². The third-order valence-corrected chi connectivity index (χ3v) is 1.62. The number of carbonyl (C=O) groups excluding carboxylic acids is 1. The standard InChI is InChI=1S/C8H7F3N2O3/c1-16-7(15)5-3-13(4-8(9,10)11)6(14)2-12-5/h2-3H,4H2,1H3. The zero-order valence-electron chi connectivity index (χ0n) is 8.11. The Labute approximate surface area is 87.5 Å². The van der Waals surface area contributed by atoms with Gasteiger partial charge in [0.1, 0.15) is 6.54 Å². The van der Waals surface area contributed by atoms with Crippen molar-refractivity contribution in [3.8, 4) is 0 Å². The Bertz CT molecular complexity index is 453. The van der Waals surface area contributed by atoms with E-state index in [0.29, 0.717) is 17.0 Å². The first-order chi connectivity index (χ1) is 7.33. The van der Waals surface area contributed by atoms with Gasteiger partial charge in [-0.2, -0.15) is 13.2 Å². The highest BCUT2D eigenvalue weighted by Crippen LogP contribution is 2.16. The Morgan fingerprint density at radius 3 is 2.69 bits per heavy atom. The van der Waals surface area contributed by atoms with Gasteiger partial charge in [0.25, 0.3) is 5.56 Å². The molecule has 0 spiro atoms. The van der Waals surface area contributed by atoms with E-state index in [1.54, 1.807) is 0 Å². The molecule has 0 N–H and O–H groups in total. The van der Waals surface area contributed by atoms with Crippen molar-refractivity contribution in [3.05, 3.63) is 28.4 Å².